The number of amides is 1. The van der Waals surface area contributed by atoms with Gasteiger partial charge in [-0.2, -0.15) is 48.3 Å². The standard InChI is InChI=1S/C13H4BrF12N3O4/c14-5-3-4(28(31)32)1-2-6(5)27-7(30)8(15,9(16,17)18)29-10(19,20)12(23,24)33-13(25,26)11(29,21)22/h1-3H,(H,27,30). The second-order valence-electron chi connectivity index (χ2n) is 6.05. The van der Waals surface area contributed by atoms with E-state index >= 15 is 0 Å². The average Bonchev–Trinajstić information content (AvgIpc) is 2.59. The number of alkyl halides is 12. The molecule has 1 amide bonds. The predicted octanol–water partition coefficient (Wildman–Crippen LogP) is 5.23. The highest BCUT2D eigenvalue weighted by Gasteiger charge is 2.90. The molecule has 1 atom stereocenters. The molecule has 33 heavy (non-hydrogen) atoms. The van der Waals surface area contributed by atoms with Gasteiger partial charge in [-0.1, -0.05) is 0 Å². The number of nitrogens with zero attached hydrogens (tertiary/aromatic N) is 2. The molecule has 1 aliphatic heterocycles. The molecule has 0 radical (unpaired) electrons. The summed E-state index contributed by atoms with van der Waals surface area (Å²) in [6, 6.07) is -13.1. The van der Waals surface area contributed by atoms with Crippen molar-refractivity contribution in [2.75, 3.05) is 5.32 Å². The first-order valence-corrected chi connectivity index (χ1v) is 8.36. The molecule has 0 saturated carbocycles. The third kappa shape index (κ3) is 3.96. The zero-order chi connectivity index (χ0) is 26.0. The van der Waals surface area contributed by atoms with Crippen LogP contribution in [0.5, 0.6) is 0 Å². The van der Waals surface area contributed by atoms with Crippen molar-refractivity contribution in [2.45, 2.75) is 36.3 Å². The van der Waals surface area contributed by atoms with Crippen LogP contribution in [0.25, 0.3) is 0 Å². The number of benzene rings is 1. The van der Waals surface area contributed by atoms with E-state index in [2.05, 4.69) is 15.9 Å². The molecule has 1 saturated heterocycles. The van der Waals surface area contributed by atoms with Gasteiger partial charge in [0.15, 0.2) is 0 Å². The van der Waals surface area contributed by atoms with Gasteiger partial charge in [-0.15, -0.1) is 4.90 Å². The number of nitrogens with one attached hydrogen (secondary N) is 1. The number of ether oxygens (including phenoxy) is 1. The maximum Gasteiger partial charge on any atom is 0.446 e. The second-order valence-corrected chi connectivity index (χ2v) is 6.90. The van der Waals surface area contributed by atoms with E-state index in [1.54, 1.807) is 0 Å². The molecule has 1 aliphatic rings. The summed E-state index contributed by atoms with van der Waals surface area (Å²) in [5.74, 6) is -10.5. The number of non-ortho nitro benzene ring substituents is 1. The molecule has 1 N–H and O–H groups in total. The van der Waals surface area contributed by atoms with E-state index < -0.39 is 67.9 Å². The topological polar surface area (TPSA) is 84.7 Å². The number of morpholine rings is 1. The number of halogens is 13. The van der Waals surface area contributed by atoms with Gasteiger partial charge in [0.1, 0.15) is 0 Å². The van der Waals surface area contributed by atoms with Gasteiger partial charge in [-0.3, -0.25) is 14.9 Å². The zero-order valence-corrected chi connectivity index (χ0v) is 16.3. The van der Waals surface area contributed by atoms with Crippen LogP contribution in [0.2, 0.25) is 0 Å². The third-order valence-electron chi connectivity index (χ3n) is 3.91. The molecule has 1 fully saturated rings. The maximum absolute atomic E-state index is 14.9. The summed E-state index contributed by atoms with van der Waals surface area (Å²) in [5, 5.41) is 11.4. The fourth-order valence-electron chi connectivity index (χ4n) is 2.39. The number of carbonyl (C=O) groups excluding carboxylic acids is 1. The normalized spacial score (nSPS) is 23.4. The van der Waals surface area contributed by atoms with Crippen LogP contribution >= 0.6 is 15.9 Å². The van der Waals surface area contributed by atoms with Gasteiger partial charge in [0.2, 0.25) is 0 Å². The van der Waals surface area contributed by atoms with Crippen LogP contribution in [0.3, 0.4) is 0 Å². The molecule has 1 unspecified atom stereocenters. The van der Waals surface area contributed by atoms with Crippen molar-refractivity contribution in [3.8, 4) is 0 Å². The van der Waals surface area contributed by atoms with Crippen LogP contribution in [0.1, 0.15) is 0 Å². The minimum Gasteiger partial charge on any atom is -0.321 e. The van der Waals surface area contributed by atoms with Crippen LogP contribution in [-0.2, 0) is 9.53 Å². The Balaban J connectivity index is 2.71. The van der Waals surface area contributed by atoms with Gasteiger partial charge in [0, 0.05) is 16.6 Å². The first kappa shape index (κ1) is 26.9. The largest absolute Gasteiger partial charge is 0.446 e. The van der Waals surface area contributed by atoms with Gasteiger partial charge in [0.05, 0.1) is 10.6 Å². The predicted molar refractivity (Wildman–Crippen MR) is 82.0 cm³/mol. The Morgan fingerprint density at radius 3 is 1.82 bits per heavy atom. The lowest BCUT2D eigenvalue weighted by atomic mass is 10.1. The monoisotopic (exact) mass is 573 g/mol. The van der Waals surface area contributed by atoms with Crippen LogP contribution in [0.4, 0.5) is 64.1 Å². The lowest BCUT2D eigenvalue weighted by molar-refractivity contribution is -0.582. The maximum atomic E-state index is 14.9. The molecule has 0 aromatic heterocycles. The SMILES string of the molecule is O=C(Nc1ccc([N+](=O)[O-])cc1Br)C(F)(N1C(F)(F)C(F)(F)OC(F)(F)C1(F)F)C(F)(F)F. The van der Waals surface area contributed by atoms with E-state index in [1.807, 2.05) is 4.74 Å². The summed E-state index contributed by atoms with van der Waals surface area (Å²) in [6.07, 6.45) is -21.0. The van der Waals surface area contributed by atoms with Crippen molar-refractivity contribution in [3.05, 3.63) is 32.8 Å². The Bertz CT molecular complexity index is 962. The van der Waals surface area contributed by atoms with Crippen LogP contribution in [0.15, 0.2) is 22.7 Å². The number of anilines is 1. The fourth-order valence-corrected chi connectivity index (χ4v) is 2.85. The zero-order valence-electron chi connectivity index (χ0n) is 14.7. The number of rotatable bonds is 4. The van der Waals surface area contributed by atoms with Gasteiger partial charge < -0.3 is 5.32 Å². The molecule has 186 valence electrons. The molecular weight excluding hydrogens is 570 g/mol. The minimum atomic E-state index is -7.26. The average molecular weight is 574 g/mol. The number of nitro benzene ring substituents is 1. The van der Waals surface area contributed by atoms with E-state index in [4.69, 9.17) is 0 Å². The molecule has 1 aromatic carbocycles. The van der Waals surface area contributed by atoms with E-state index in [9.17, 15) is 67.6 Å². The molecule has 0 bridgehead atoms. The summed E-state index contributed by atoms with van der Waals surface area (Å²) >= 11 is 2.45. The molecular formula is C13H4BrF12N3O4. The third-order valence-corrected chi connectivity index (χ3v) is 4.57. The summed E-state index contributed by atoms with van der Waals surface area (Å²) in [4.78, 5) is 17.8. The lowest BCUT2D eigenvalue weighted by Gasteiger charge is -2.51. The highest BCUT2D eigenvalue weighted by molar-refractivity contribution is 9.10. The first-order valence-electron chi connectivity index (χ1n) is 7.57. The Hall–Kier alpha value is -2.35. The quantitative estimate of drug-likeness (QED) is 0.231. The summed E-state index contributed by atoms with van der Waals surface area (Å²) in [7, 11) is 0. The van der Waals surface area contributed by atoms with Gasteiger partial charge in [0.25, 0.3) is 11.6 Å². The minimum absolute atomic E-state index is 0.357. The highest BCUT2D eigenvalue weighted by Crippen LogP contribution is 2.60. The van der Waals surface area contributed by atoms with Crippen molar-refractivity contribution >= 4 is 33.2 Å². The Kier molecular flexibility index (Phi) is 6.18. The molecule has 2 rings (SSSR count). The van der Waals surface area contributed by atoms with E-state index in [0.29, 0.717) is 18.2 Å². The Morgan fingerprint density at radius 1 is 1.00 bits per heavy atom. The van der Waals surface area contributed by atoms with E-state index in [0.717, 1.165) is 5.32 Å². The number of carbonyl (C=O) groups is 1. The molecule has 0 aliphatic carbocycles. The highest BCUT2D eigenvalue weighted by atomic mass is 79.9. The molecule has 0 spiro atoms. The summed E-state index contributed by atoms with van der Waals surface area (Å²) in [6.45, 7) is 0. The van der Waals surface area contributed by atoms with Crippen molar-refractivity contribution in [1.29, 1.82) is 0 Å². The van der Waals surface area contributed by atoms with Gasteiger partial charge >= 0.3 is 36.3 Å². The fraction of sp³-hybridized carbons (Fsp3) is 0.462. The Morgan fingerprint density at radius 2 is 1.45 bits per heavy atom. The molecule has 20 heteroatoms. The van der Waals surface area contributed by atoms with Gasteiger partial charge in [-0.05, 0) is 22.0 Å². The molecule has 1 heterocycles. The first-order chi connectivity index (χ1) is 14.5. The second kappa shape index (κ2) is 7.58. The van der Waals surface area contributed by atoms with Crippen LogP contribution < -0.4 is 5.32 Å². The van der Waals surface area contributed by atoms with Crippen LogP contribution in [-0.4, -0.2) is 52.0 Å². The molecule has 1 aromatic rings. The Labute approximate surface area is 180 Å². The lowest BCUT2D eigenvalue weighted by Crippen LogP contribution is -2.82. The van der Waals surface area contributed by atoms with Crippen molar-refractivity contribution in [2.24, 2.45) is 0 Å². The summed E-state index contributed by atoms with van der Waals surface area (Å²) < 4.78 is 165. The smallest absolute Gasteiger partial charge is 0.321 e. The van der Waals surface area contributed by atoms with E-state index in [-0.39, 0.29) is 0 Å². The van der Waals surface area contributed by atoms with Crippen molar-refractivity contribution in [3.63, 3.8) is 0 Å². The van der Waals surface area contributed by atoms with Crippen LogP contribution in [0, 0.1) is 10.1 Å². The van der Waals surface area contributed by atoms with Crippen molar-refractivity contribution in [1.82, 2.24) is 4.90 Å². The van der Waals surface area contributed by atoms with E-state index in [1.165, 1.54) is 0 Å². The molecule has 7 nitrogen and oxygen atoms in total. The number of hydrogen-bond donors (Lipinski definition) is 1. The van der Waals surface area contributed by atoms with Crippen molar-refractivity contribution < 1.29 is 67.1 Å². The van der Waals surface area contributed by atoms with Gasteiger partial charge in [-0.25, -0.2) is 9.13 Å². The summed E-state index contributed by atoms with van der Waals surface area (Å²) in [5.41, 5.74) is -1.91. The number of nitro groups is 1. The number of hydrogen-bond acceptors (Lipinski definition) is 5.